The number of amides is 1. The molecule has 0 aliphatic rings. The van der Waals surface area contributed by atoms with Crippen LogP contribution in [0.1, 0.15) is 16.7 Å². The SMILES string of the molecule is COc1ccccc1CNC(=O)CNS(=O)(=O)c1cc(C)ccc1C. The van der Waals surface area contributed by atoms with E-state index in [0.29, 0.717) is 11.3 Å². The quantitative estimate of drug-likeness (QED) is 0.788. The van der Waals surface area contributed by atoms with Crippen molar-refractivity contribution >= 4 is 15.9 Å². The number of ether oxygens (including phenoxy) is 1. The van der Waals surface area contributed by atoms with E-state index in [0.717, 1.165) is 11.1 Å². The van der Waals surface area contributed by atoms with Gasteiger partial charge in [-0.3, -0.25) is 4.79 Å². The number of methoxy groups -OCH3 is 1. The van der Waals surface area contributed by atoms with Gasteiger partial charge in [-0.05, 0) is 37.1 Å². The molecule has 0 radical (unpaired) electrons. The maximum Gasteiger partial charge on any atom is 0.241 e. The number of carbonyl (C=O) groups is 1. The zero-order chi connectivity index (χ0) is 18.4. The molecule has 2 aromatic carbocycles. The van der Waals surface area contributed by atoms with E-state index >= 15 is 0 Å². The summed E-state index contributed by atoms with van der Waals surface area (Å²) in [6.07, 6.45) is 0. The first-order valence-corrected chi connectivity index (χ1v) is 9.27. The Morgan fingerprint density at radius 3 is 2.56 bits per heavy atom. The molecule has 1 amide bonds. The molecule has 0 saturated carbocycles. The van der Waals surface area contributed by atoms with E-state index in [2.05, 4.69) is 10.0 Å². The smallest absolute Gasteiger partial charge is 0.241 e. The molecule has 0 saturated heterocycles. The normalized spacial score (nSPS) is 11.2. The van der Waals surface area contributed by atoms with Gasteiger partial charge in [0.05, 0.1) is 18.6 Å². The Labute approximate surface area is 148 Å². The lowest BCUT2D eigenvalue weighted by atomic mass is 10.2. The molecule has 0 aromatic heterocycles. The van der Waals surface area contributed by atoms with Gasteiger partial charge in [0, 0.05) is 12.1 Å². The van der Waals surface area contributed by atoms with Crippen LogP contribution < -0.4 is 14.8 Å². The molecule has 0 fully saturated rings. The first-order chi connectivity index (χ1) is 11.8. The fourth-order valence-electron chi connectivity index (χ4n) is 2.34. The number of benzene rings is 2. The van der Waals surface area contributed by atoms with Crippen LogP contribution in [-0.4, -0.2) is 28.0 Å². The van der Waals surface area contributed by atoms with E-state index in [4.69, 9.17) is 4.74 Å². The lowest BCUT2D eigenvalue weighted by Gasteiger charge is -2.11. The van der Waals surface area contributed by atoms with Gasteiger partial charge in [0.2, 0.25) is 15.9 Å². The molecule has 0 heterocycles. The van der Waals surface area contributed by atoms with E-state index in [1.54, 1.807) is 32.2 Å². The molecular formula is C18H22N2O4S. The van der Waals surface area contributed by atoms with Crippen LogP contribution in [0.5, 0.6) is 5.75 Å². The van der Waals surface area contributed by atoms with E-state index < -0.39 is 15.9 Å². The van der Waals surface area contributed by atoms with Crippen LogP contribution in [0.4, 0.5) is 0 Å². The van der Waals surface area contributed by atoms with Gasteiger partial charge in [-0.1, -0.05) is 30.3 Å². The first kappa shape index (κ1) is 19.0. The third-order valence-corrected chi connectivity index (χ3v) is 5.27. The number of carbonyl (C=O) groups excluding carboxylic acids is 1. The van der Waals surface area contributed by atoms with Crippen LogP contribution in [0.25, 0.3) is 0 Å². The predicted octanol–water partition coefficient (Wildman–Crippen LogP) is 1.91. The number of sulfonamides is 1. The summed E-state index contributed by atoms with van der Waals surface area (Å²) in [6, 6.07) is 12.5. The Kier molecular flexibility index (Phi) is 6.17. The molecule has 2 aromatic rings. The van der Waals surface area contributed by atoms with Gasteiger partial charge < -0.3 is 10.1 Å². The fourth-order valence-corrected chi connectivity index (χ4v) is 3.65. The average molecular weight is 362 g/mol. The Balaban J connectivity index is 1.96. The summed E-state index contributed by atoms with van der Waals surface area (Å²) in [5, 5.41) is 2.68. The average Bonchev–Trinajstić information content (AvgIpc) is 2.60. The summed E-state index contributed by atoms with van der Waals surface area (Å²) >= 11 is 0. The van der Waals surface area contributed by atoms with Crippen molar-refractivity contribution in [2.75, 3.05) is 13.7 Å². The highest BCUT2D eigenvalue weighted by molar-refractivity contribution is 7.89. The minimum absolute atomic E-state index is 0.185. The zero-order valence-electron chi connectivity index (χ0n) is 14.5. The molecule has 2 N–H and O–H groups in total. The molecule has 0 aliphatic heterocycles. The molecule has 0 atom stereocenters. The van der Waals surface area contributed by atoms with E-state index in [-0.39, 0.29) is 18.0 Å². The van der Waals surface area contributed by atoms with Gasteiger partial charge in [0.1, 0.15) is 5.75 Å². The number of rotatable bonds is 7. The molecule has 7 heteroatoms. The predicted molar refractivity (Wildman–Crippen MR) is 95.9 cm³/mol. The lowest BCUT2D eigenvalue weighted by Crippen LogP contribution is -2.36. The van der Waals surface area contributed by atoms with Crippen LogP contribution >= 0.6 is 0 Å². The molecule has 0 spiro atoms. The monoisotopic (exact) mass is 362 g/mol. The first-order valence-electron chi connectivity index (χ1n) is 7.79. The topological polar surface area (TPSA) is 84.5 Å². The Morgan fingerprint density at radius 2 is 1.84 bits per heavy atom. The highest BCUT2D eigenvalue weighted by atomic mass is 32.2. The molecule has 0 aliphatic carbocycles. The van der Waals surface area contributed by atoms with E-state index in [9.17, 15) is 13.2 Å². The van der Waals surface area contributed by atoms with Gasteiger partial charge in [0.15, 0.2) is 0 Å². The summed E-state index contributed by atoms with van der Waals surface area (Å²) < 4.78 is 32.3. The van der Waals surface area contributed by atoms with Crippen molar-refractivity contribution < 1.29 is 17.9 Å². The molecule has 0 unspecified atom stereocenters. The molecule has 0 bridgehead atoms. The maximum atomic E-state index is 12.4. The molecule has 25 heavy (non-hydrogen) atoms. The van der Waals surface area contributed by atoms with Crippen molar-refractivity contribution in [2.45, 2.75) is 25.3 Å². The van der Waals surface area contributed by atoms with E-state index in [1.165, 1.54) is 0 Å². The number of hydrogen-bond acceptors (Lipinski definition) is 4. The second kappa shape index (κ2) is 8.13. The molecule has 6 nitrogen and oxygen atoms in total. The number of nitrogens with one attached hydrogen (secondary N) is 2. The molecular weight excluding hydrogens is 340 g/mol. The minimum atomic E-state index is -3.74. The Bertz CT molecular complexity index is 863. The summed E-state index contributed by atoms with van der Waals surface area (Å²) in [5.41, 5.74) is 2.29. The minimum Gasteiger partial charge on any atom is -0.496 e. The second-order valence-corrected chi connectivity index (χ2v) is 7.42. The standard InChI is InChI=1S/C18H22N2O4S/c1-13-8-9-14(2)17(10-13)25(22,23)20-12-18(21)19-11-15-6-4-5-7-16(15)24-3/h4-10,20H,11-12H2,1-3H3,(H,19,21). The van der Waals surface area contributed by atoms with Crippen LogP contribution in [-0.2, 0) is 21.4 Å². The van der Waals surface area contributed by atoms with Gasteiger partial charge in [-0.25, -0.2) is 13.1 Å². The van der Waals surface area contributed by atoms with Crippen molar-refractivity contribution in [1.82, 2.24) is 10.0 Å². The van der Waals surface area contributed by atoms with Crippen LogP contribution in [0, 0.1) is 13.8 Å². The van der Waals surface area contributed by atoms with Crippen molar-refractivity contribution in [3.8, 4) is 5.75 Å². The van der Waals surface area contributed by atoms with Crippen molar-refractivity contribution in [3.63, 3.8) is 0 Å². The highest BCUT2D eigenvalue weighted by Gasteiger charge is 2.18. The van der Waals surface area contributed by atoms with Gasteiger partial charge in [-0.2, -0.15) is 0 Å². The second-order valence-electron chi connectivity index (χ2n) is 5.68. The largest absolute Gasteiger partial charge is 0.496 e. The van der Waals surface area contributed by atoms with Crippen molar-refractivity contribution in [3.05, 3.63) is 59.2 Å². The maximum absolute atomic E-state index is 12.4. The van der Waals surface area contributed by atoms with E-state index in [1.807, 2.05) is 31.2 Å². The van der Waals surface area contributed by atoms with Crippen molar-refractivity contribution in [2.24, 2.45) is 0 Å². The molecule has 134 valence electrons. The third-order valence-electron chi connectivity index (χ3n) is 3.72. The van der Waals surface area contributed by atoms with Crippen molar-refractivity contribution in [1.29, 1.82) is 0 Å². The summed E-state index contributed by atoms with van der Waals surface area (Å²) in [5.74, 6) is 0.249. The number of hydrogen-bond donors (Lipinski definition) is 2. The zero-order valence-corrected chi connectivity index (χ0v) is 15.3. The summed E-state index contributed by atoms with van der Waals surface area (Å²) in [7, 11) is -2.19. The number of para-hydroxylation sites is 1. The van der Waals surface area contributed by atoms with Gasteiger partial charge in [0.25, 0.3) is 0 Å². The lowest BCUT2D eigenvalue weighted by molar-refractivity contribution is -0.120. The Morgan fingerprint density at radius 1 is 1.12 bits per heavy atom. The van der Waals surface area contributed by atoms with Crippen LogP contribution in [0.15, 0.2) is 47.4 Å². The number of aryl methyl sites for hydroxylation is 2. The van der Waals surface area contributed by atoms with Gasteiger partial charge >= 0.3 is 0 Å². The third kappa shape index (κ3) is 5.04. The molecule has 2 rings (SSSR count). The van der Waals surface area contributed by atoms with Gasteiger partial charge in [-0.15, -0.1) is 0 Å². The summed E-state index contributed by atoms with van der Waals surface area (Å²) in [4.78, 5) is 12.2. The van der Waals surface area contributed by atoms with Crippen LogP contribution in [0.3, 0.4) is 0 Å². The fraction of sp³-hybridized carbons (Fsp3) is 0.278. The summed E-state index contributed by atoms with van der Waals surface area (Å²) in [6.45, 7) is 3.47. The van der Waals surface area contributed by atoms with Crippen LogP contribution in [0.2, 0.25) is 0 Å². The Hall–Kier alpha value is -2.38. The highest BCUT2D eigenvalue weighted by Crippen LogP contribution is 2.17.